The molecule has 1 N–H and O–H groups in total. The summed E-state index contributed by atoms with van der Waals surface area (Å²) in [5, 5.41) is 2.92. The van der Waals surface area contributed by atoms with Gasteiger partial charge >= 0.3 is 6.03 Å². The van der Waals surface area contributed by atoms with Crippen LogP contribution in [-0.4, -0.2) is 53.8 Å². The third-order valence-corrected chi connectivity index (χ3v) is 4.63. The van der Waals surface area contributed by atoms with Crippen molar-refractivity contribution in [1.82, 2.24) is 15.1 Å². The van der Waals surface area contributed by atoms with Crippen LogP contribution in [0.5, 0.6) is 0 Å². The lowest BCUT2D eigenvalue weighted by molar-refractivity contribution is -0.139. The third-order valence-electron chi connectivity index (χ3n) is 4.63. The van der Waals surface area contributed by atoms with Crippen molar-refractivity contribution in [3.8, 4) is 0 Å². The van der Waals surface area contributed by atoms with E-state index in [-0.39, 0.29) is 25.2 Å². The molecular weight excluding hydrogens is 330 g/mol. The third kappa shape index (κ3) is 7.75. The number of carbonyl (C=O) groups excluding carboxylic acids is 3. The van der Waals surface area contributed by atoms with Gasteiger partial charge in [-0.2, -0.15) is 0 Å². The maximum Gasteiger partial charge on any atom is 0.317 e. The highest BCUT2D eigenvalue weighted by Gasteiger charge is 2.34. The summed E-state index contributed by atoms with van der Waals surface area (Å²) in [6.45, 7) is 14.7. The molecule has 0 aromatic rings. The molecule has 6 heteroatoms. The number of urea groups is 1. The predicted octanol–water partition coefficient (Wildman–Crippen LogP) is 3.90. The van der Waals surface area contributed by atoms with Crippen molar-refractivity contribution < 1.29 is 15.8 Å². The Morgan fingerprint density at radius 2 is 1.65 bits per heavy atom. The van der Waals surface area contributed by atoms with Gasteiger partial charge in [0.15, 0.2) is 0 Å². The number of nitrogens with one attached hydrogen (secondary N) is 1. The Balaban J connectivity index is 0. The summed E-state index contributed by atoms with van der Waals surface area (Å²) >= 11 is 0. The van der Waals surface area contributed by atoms with Gasteiger partial charge in [-0.15, -0.1) is 0 Å². The predicted molar refractivity (Wildman–Crippen MR) is 108 cm³/mol. The molecule has 6 nitrogen and oxygen atoms in total. The first-order chi connectivity index (χ1) is 12.5. The number of likely N-dealkylation sites (tertiary alicyclic amines) is 2. The van der Waals surface area contributed by atoms with Gasteiger partial charge in [-0.1, -0.05) is 41.5 Å². The van der Waals surface area contributed by atoms with Gasteiger partial charge in [-0.3, -0.25) is 14.5 Å². The van der Waals surface area contributed by atoms with Gasteiger partial charge in [0.1, 0.15) is 0 Å². The zero-order valence-corrected chi connectivity index (χ0v) is 17.6. The van der Waals surface area contributed by atoms with E-state index in [4.69, 9.17) is 0 Å². The van der Waals surface area contributed by atoms with E-state index in [0.717, 1.165) is 38.8 Å². The molecule has 2 rings (SSSR count). The lowest BCUT2D eigenvalue weighted by atomic mass is 10.00. The highest BCUT2D eigenvalue weighted by molar-refractivity contribution is 6.03. The number of imide groups is 1. The highest BCUT2D eigenvalue weighted by atomic mass is 16.2. The van der Waals surface area contributed by atoms with Crippen LogP contribution in [0, 0.1) is 11.8 Å². The molecule has 2 aliphatic heterocycles. The maximum absolute atomic E-state index is 12.0. The van der Waals surface area contributed by atoms with Gasteiger partial charge in [0, 0.05) is 39.9 Å². The molecule has 0 aromatic carbocycles. The minimum absolute atomic E-state index is 0. The van der Waals surface area contributed by atoms with Crippen molar-refractivity contribution in [2.45, 2.75) is 73.6 Å². The molecule has 2 saturated heterocycles. The Morgan fingerprint density at radius 3 is 2.15 bits per heavy atom. The smallest absolute Gasteiger partial charge is 0.317 e. The molecule has 0 aliphatic carbocycles. The second kappa shape index (κ2) is 13.6. The molecule has 0 radical (unpaired) electrons. The fraction of sp³-hybridized carbons (Fsp3) is 0.850. The standard InChI is InChI=1S/C16H27N3O3.2C2H6.H2/c1-12-5-9-18(10-6-12)16(22)17-7-3-4-8-19-14(20)11-13(2)15(19)21;2*1-2;/h12-13H,3-11H2,1-2H3,(H,17,22);2*1-2H3;1H. The molecule has 0 bridgehead atoms. The fourth-order valence-electron chi connectivity index (χ4n) is 3.00. The summed E-state index contributed by atoms with van der Waals surface area (Å²) in [6.07, 6.45) is 4.00. The monoisotopic (exact) mass is 371 g/mol. The molecule has 0 spiro atoms. The first-order valence-corrected chi connectivity index (χ1v) is 10.4. The Morgan fingerprint density at radius 1 is 1.08 bits per heavy atom. The van der Waals surface area contributed by atoms with Crippen LogP contribution in [0.15, 0.2) is 0 Å². The summed E-state index contributed by atoms with van der Waals surface area (Å²) in [6, 6.07) is 0.00819. The molecule has 0 aromatic heterocycles. The molecule has 1 atom stereocenters. The molecule has 2 fully saturated rings. The van der Waals surface area contributed by atoms with Crippen LogP contribution in [-0.2, 0) is 9.59 Å². The molecule has 26 heavy (non-hydrogen) atoms. The van der Waals surface area contributed by atoms with Gasteiger partial charge in [-0.25, -0.2) is 4.79 Å². The SMILES string of the molecule is CC.CC.CC1CCN(C(=O)NCCCCN2C(=O)CC(C)C2=O)CC1.[HH]. The van der Waals surface area contributed by atoms with Crippen molar-refractivity contribution in [3.05, 3.63) is 0 Å². The van der Waals surface area contributed by atoms with E-state index >= 15 is 0 Å². The highest BCUT2D eigenvalue weighted by Crippen LogP contribution is 2.19. The second-order valence-electron chi connectivity index (χ2n) is 6.60. The number of carbonyl (C=O) groups is 3. The van der Waals surface area contributed by atoms with Crippen LogP contribution in [0.3, 0.4) is 0 Å². The number of amides is 4. The molecule has 2 aliphatic rings. The van der Waals surface area contributed by atoms with E-state index in [1.165, 1.54) is 4.90 Å². The Bertz CT molecular complexity index is 438. The molecule has 4 amide bonds. The first kappa shape index (κ1) is 24.4. The Hall–Kier alpha value is -1.59. The number of rotatable bonds is 5. The van der Waals surface area contributed by atoms with E-state index < -0.39 is 0 Å². The largest absolute Gasteiger partial charge is 0.338 e. The van der Waals surface area contributed by atoms with Gasteiger partial charge in [0.2, 0.25) is 11.8 Å². The normalized spacial score (nSPS) is 20.2. The molecule has 1 unspecified atom stereocenters. The zero-order valence-electron chi connectivity index (χ0n) is 17.6. The molecule has 154 valence electrons. The topological polar surface area (TPSA) is 69.7 Å². The number of unbranched alkanes of at least 4 members (excludes halogenated alkanes) is 1. The minimum Gasteiger partial charge on any atom is -0.338 e. The van der Waals surface area contributed by atoms with Crippen molar-refractivity contribution in [2.75, 3.05) is 26.2 Å². The average molecular weight is 372 g/mol. The Kier molecular flexibility index (Phi) is 12.8. The van der Waals surface area contributed by atoms with E-state index in [9.17, 15) is 14.4 Å². The van der Waals surface area contributed by atoms with E-state index in [2.05, 4.69) is 12.2 Å². The average Bonchev–Trinajstić information content (AvgIpc) is 2.91. The van der Waals surface area contributed by atoms with Crippen LogP contribution in [0.4, 0.5) is 4.79 Å². The van der Waals surface area contributed by atoms with Crippen LogP contribution in [0.25, 0.3) is 0 Å². The van der Waals surface area contributed by atoms with Crippen LogP contribution >= 0.6 is 0 Å². The lowest BCUT2D eigenvalue weighted by Crippen LogP contribution is -2.44. The van der Waals surface area contributed by atoms with Gasteiger partial charge in [0.05, 0.1) is 0 Å². The number of nitrogens with zero attached hydrogens (tertiary/aromatic N) is 2. The molecular formula is C20H41N3O3. The van der Waals surface area contributed by atoms with Gasteiger partial charge in [-0.05, 0) is 31.6 Å². The summed E-state index contributed by atoms with van der Waals surface area (Å²) in [5.41, 5.74) is 0. The summed E-state index contributed by atoms with van der Waals surface area (Å²) in [7, 11) is 0. The van der Waals surface area contributed by atoms with Crippen molar-refractivity contribution in [1.29, 1.82) is 0 Å². The Labute approximate surface area is 161 Å². The summed E-state index contributed by atoms with van der Waals surface area (Å²) in [4.78, 5) is 38.6. The fourth-order valence-corrected chi connectivity index (χ4v) is 3.00. The molecule has 0 saturated carbocycles. The van der Waals surface area contributed by atoms with Crippen molar-refractivity contribution in [3.63, 3.8) is 0 Å². The zero-order chi connectivity index (χ0) is 20.1. The summed E-state index contributed by atoms with van der Waals surface area (Å²) < 4.78 is 0. The first-order valence-electron chi connectivity index (χ1n) is 10.4. The number of hydrogen-bond donors (Lipinski definition) is 1. The molecule has 2 heterocycles. The minimum atomic E-state index is -0.173. The van der Waals surface area contributed by atoms with E-state index in [0.29, 0.717) is 25.4 Å². The van der Waals surface area contributed by atoms with Crippen LogP contribution in [0.1, 0.15) is 75.1 Å². The van der Waals surface area contributed by atoms with Crippen molar-refractivity contribution in [2.24, 2.45) is 11.8 Å². The number of hydrogen-bond acceptors (Lipinski definition) is 3. The van der Waals surface area contributed by atoms with Gasteiger partial charge in [0.25, 0.3) is 0 Å². The lowest BCUT2D eigenvalue weighted by Gasteiger charge is -2.30. The van der Waals surface area contributed by atoms with Gasteiger partial charge < -0.3 is 10.2 Å². The van der Waals surface area contributed by atoms with Crippen LogP contribution < -0.4 is 5.32 Å². The van der Waals surface area contributed by atoms with Crippen LogP contribution in [0.2, 0.25) is 0 Å². The van der Waals surface area contributed by atoms with E-state index in [1.54, 1.807) is 6.92 Å². The number of piperidine rings is 1. The van der Waals surface area contributed by atoms with E-state index in [1.807, 2.05) is 32.6 Å². The maximum atomic E-state index is 12.0. The summed E-state index contributed by atoms with van der Waals surface area (Å²) in [5.74, 6) is 0.413. The quantitative estimate of drug-likeness (QED) is 0.588. The van der Waals surface area contributed by atoms with Crippen molar-refractivity contribution >= 4 is 17.8 Å². The second-order valence-corrected chi connectivity index (χ2v) is 6.60.